The SMILES string of the molecule is CC1(C)OC(=NCc2ccccc2)C=C1c1coc(Cc2ccccc2)c1. The smallest absolute Gasteiger partial charge is 0.210 e. The van der Waals surface area contributed by atoms with Crippen LogP contribution in [-0.4, -0.2) is 11.5 Å². The lowest BCUT2D eigenvalue weighted by Gasteiger charge is -2.21. The third-order valence-corrected chi connectivity index (χ3v) is 4.72. The molecule has 2 aromatic carbocycles. The Bertz CT molecular complexity index is 966. The summed E-state index contributed by atoms with van der Waals surface area (Å²) in [4.78, 5) is 4.63. The van der Waals surface area contributed by atoms with Crippen LogP contribution in [0.15, 0.2) is 88.5 Å². The second-order valence-corrected chi connectivity index (χ2v) is 7.27. The van der Waals surface area contributed by atoms with Gasteiger partial charge < -0.3 is 9.15 Å². The average molecular weight is 357 g/mol. The van der Waals surface area contributed by atoms with Crippen LogP contribution in [0.1, 0.15) is 36.3 Å². The van der Waals surface area contributed by atoms with Gasteiger partial charge in [-0.3, -0.25) is 0 Å². The van der Waals surface area contributed by atoms with Crippen LogP contribution in [-0.2, 0) is 17.7 Å². The summed E-state index contributed by atoms with van der Waals surface area (Å²) in [6, 6.07) is 22.6. The van der Waals surface area contributed by atoms with Crippen molar-refractivity contribution < 1.29 is 9.15 Å². The van der Waals surface area contributed by atoms with E-state index >= 15 is 0 Å². The minimum Gasteiger partial charge on any atom is -0.468 e. The molecular formula is C24H23NO2. The third-order valence-electron chi connectivity index (χ3n) is 4.72. The first-order chi connectivity index (χ1) is 13.1. The molecule has 0 radical (unpaired) electrons. The minimum absolute atomic E-state index is 0.427. The Kier molecular flexibility index (Phi) is 4.68. The Hall–Kier alpha value is -3.07. The molecule has 0 bridgehead atoms. The highest BCUT2D eigenvalue weighted by molar-refractivity contribution is 6.01. The molecular weight excluding hydrogens is 334 g/mol. The first-order valence-corrected chi connectivity index (χ1v) is 9.21. The molecule has 0 fully saturated rings. The molecule has 0 N–H and O–H groups in total. The monoisotopic (exact) mass is 357 g/mol. The van der Waals surface area contributed by atoms with E-state index in [0.717, 1.165) is 23.3 Å². The van der Waals surface area contributed by atoms with E-state index in [0.29, 0.717) is 12.4 Å². The molecule has 3 nitrogen and oxygen atoms in total. The highest BCUT2D eigenvalue weighted by atomic mass is 16.5. The van der Waals surface area contributed by atoms with Crippen LogP contribution >= 0.6 is 0 Å². The van der Waals surface area contributed by atoms with Gasteiger partial charge >= 0.3 is 0 Å². The molecule has 0 spiro atoms. The summed E-state index contributed by atoms with van der Waals surface area (Å²) in [5.74, 6) is 1.62. The fourth-order valence-electron chi connectivity index (χ4n) is 3.32. The summed E-state index contributed by atoms with van der Waals surface area (Å²) < 4.78 is 11.9. The predicted octanol–water partition coefficient (Wildman–Crippen LogP) is 5.66. The van der Waals surface area contributed by atoms with Gasteiger partial charge in [0, 0.05) is 23.6 Å². The Morgan fingerprint density at radius 2 is 1.56 bits per heavy atom. The van der Waals surface area contributed by atoms with Crippen molar-refractivity contribution in [2.75, 3.05) is 0 Å². The number of aliphatic imine (C=N–C) groups is 1. The van der Waals surface area contributed by atoms with Crippen LogP contribution < -0.4 is 0 Å². The first-order valence-electron chi connectivity index (χ1n) is 9.21. The van der Waals surface area contributed by atoms with E-state index in [-0.39, 0.29) is 0 Å². The fraction of sp³-hybridized carbons (Fsp3) is 0.208. The number of furan rings is 1. The summed E-state index contributed by atoms with van der Waals surface area (Å²) in [5, 5.41) is 0. The number of nitrogens with zero attached hydrogens (tertiary/aromatic N) is 1. The van der Waals surface area contributed by atoms with Crippen molar-refractivity contribution in [2.45, 2.75) is 32.4 Å². The highest BCUT2D eigenvalue weighted by Crippen LogP contribution is 2.36. The zero-order valence-electron chi connectivity index (χ0n) is 15.7. The number of hydrogen-bond donors (Lipinski definition) is 0. The summed E-state index contributed by atoms with van der Waals surface area (Å²) in [7, 11) is 0. The minimum atomic E-state index is -0.427. The van der Waals surface area contributed by atoms with E-state index in [1.54, 1.807) is 0 Å². The van der Waals surface area contributed by atoms with Crippen LogP contribution in [0.3, 0.4) is 0 Å². The molecule has 0 saturated heterocycles. The maximum Gasteiger partial charge on any atom is 0.210 e. The lowest BCUT2D eigenvalue weighted by molar-refractivity contribution is 0.170. The Balaban J connectivity index is 1.53. The second-order valence-electron chi connectivity index (χ2n) is 7.27. The molecule has 0 saturated carbocycles. The molecule has 27 heavy (non-hydrogen) atoms. The van der Waals surface area contributed by atoms with Gasteiger partial charge in [0.15, 0.2) is 0 Å². The second kappa shape index (κ2) is 7.28. The molecule has 1 aliphatic rings. The maximum absolute atomic E-state index is 6.08. The summed E-state index contributed by atoms with van der Waals surface area (Å²) in [5.41, 5.74) is 4.12. The van der Waals surface area contributed by atoms with Gasteiger partial charge in [-0.15, -0.1) is 0 Å². The summed E-state index contributed by atoms with van der Waals surface area (Å²) >= 11 is 0. The molecule has 4 rings (SSSR count). The zero-order chi connectivity index (χ0) is 18.7. The van der Waals surface area contributed by atoms with Crippen LogP contribution in [0.25, 0.3) is 5.57 Å². The van der Waals surface area contributed by atoms with Crippen LogP contribution in [0, 0.1) is 0 Å². The fourth-order valence-corrected chi connectivity index (χ4v) is 3.32. The largest absolute Gasteiger partial charge is 0.468 e. The third kappa shape index (κ3) is 4.03. The van der Waals surface area contributed by atoms with Crippen molar-refractivity contribution in [1.82, 2.24) is 0 Å². The number of hydrogen-bond acceptors (Lipinski definition) is 3. The van der Waals surface area contributed by atoms with Crippen molar-refractivity contribution in [1.29, 1.82) is 0 Å². The molecule has 1 aromatic heterocycles. The van der Waals surface area contributed by atoms with E-state index in [1.165, 1.54) is 11.1 Å². The topological polar surface area (TPSA) is 34.7 Å². The molecule has 1 aliphatic heterocycles. The van der Waals surface area contributed by atoms with Gasteiger partial charge in [0.1, 0.15) is 11.4 Å². The van der Waals surface area contributed by atoms with Crippen LogP contribution in [0.5, 0.6) is 0 Å². The summed E-state index contributed by atoms with van der Waals surface area (Å²) in [6.07, 6.45) is 4.62. The predicted molar refractivity (Wildman–Crippen MR) is 109 cm³/mol. The number of ether oxygens (including phenoxy) is 1. The zero-order valence-corrected chi connectivity index (χ0v) is 15.7. The van der Waals surface area contributed by atoms with Crippen LogP contribution in [0.4, 0.5) is 0 Å². The molecule has 136 valence electrons. The standard InChI is InChI=1S/C24H23NO2/c1-24(2)22(15-23(27-24)25-16-19-11-7-4-8-12-19)20-14-21(26-17-20)13-18-9-5-3-6-10-18/h3-12,14-15,17H,13,16H2,1-2H3. The number of benzene rings is 2. The molecule has 0 aliphatic carbocycles. The Labute approximate surface area is 160 Å². The maximum atomic E-state index is 6.08. The van der Waals surface area contributed by atoms with Gasteiger partial charge in [-0.2, -0.15) is 0 Å². The molecule has 3 heteroatoms. The Morgan fingerprint density at radius 3 is 2.26 bits per heavy atom. The van der Waals surface area contributed by atoms with E-state index in [2.05, 4.69) is 49.2 Å². The van der Waals surface area contributed by atoms with Gasteiger partial charge in [0.25, 0.3) is 0 Å². The summed E-state index contributed by atoms with van der Waals surface area (Å²) in [6.45, 7) is 4.74. The van der Waals surface area contributed by atoms with Gasteiger partial charge in [0.05, 0.1) is 12.8 Å². The van der Waals surface area contributed by atoms with Crippen molar-refractivity contribution in [2.24, 2.45) is 4.99 Å². The normalized spacial score (nSPS) is 17.0. The quantitative estimate of drug-likeness (QED) is 0.590. The van der Waals surface area contributed by atoms with Gasteiger partial charge in [-0.05, 0) is 31.0 Å². The first kappa shape index (κ1) is 17.3. The Morgan fingerprint density at radius 1 is 0.889 bits per heavy atom. The van der Waals surface area contributed by atoms with E-state index in [9.17, 15) is 0 Å². The lowest BCUT2D eigenvalue weighted by atomic mass is 9.94. The molecule has 3 aromatic rings. The van der Waals surface area contributed by atoms with E-state index < -0.39 is 5.60 Å². The molecule has 2 heterocycles. The van der Waals surface area contributed by atoms with Crippen molar-refractivity contribution in [3.63, 3.8) is 0 Å². The van der Waals surface area contributed by atoms with Gasteiger partial charge in [-0.1, -0.05) is 60.7 Å². The van der Waals surface area contributed by atoms with Crippen LogP contribution in [0.2, 0.25) is 0 Å². The van der Waals surface area contributed by atoms with E-state index in [4.69, 9.17) is 9.15 Å². The number of rotatable bonds is 5. The molecule has 0 unspecified atom stereocenters. The van der Waals surface area contributed by atoms with Gasteiger partial charge in [0.2, 0.25) is 5.90 Å². The van der Waals surface area contributed by atoms with Crippen molar-refractivity contribution >= 4 is 11.5 Å². The average Bonchev–Trinajstić information content (AvgIpc) is 3.25. The van der Waals surface area contributed by atoms with Gasteiger partial charge in [-0.25, -0.2) is 4.99 Å². The molecule has 0 atom stereocenters. The van der Waals surface area contributed by atoms with E-state index in [1.807, 2.05) is 48.7 Å². The van der Waals surface area contributed by atoms with Crippen molar-refractivity contribution in [3.05, 3.63) is 102 Å². The highest BCUT2D eigenvalue weighted by Gasteiger charge is 2.34. The lowest BCUT2D eigenvalue weighted by Crippen LogP contribution is -2.22. The molecule has 0 amide bonds. The van der Waals surface area contributed by atoms with Crippen molar-refractivity contribution in [3.8, 4) is 0 Å².